The number of nitrogens with one attached hydrogen (secondary N) is 1. The molecule has 0 atom stereocenters. The highest BCUT2D eigenvalue weighted by Gasteiger charge is 2.11. The third-order valence-electron chi connectivity index (χ3n) is 2.30. The molecule has 0 aliphatic heterocycles. The lowest BCUT2D eigenvalue weighted by atomic mass is 10.2. The summed E-state index contributed by atoms with van der Waals surface area (Å²) < 4.78 is 18.7. The van der Waals surface area contributed by atoms with Crippen molar-refractivity contribution in [3.63, 3.8) is 0 Å². The van der Waals surface area contributed by atoms with Crippen molar-refractivity contribution in [2.75, 3.05) is 19.8 Å². The maximum absolute atomic E-state index is 13.2. The average molecular weight is 318 g/mol. The van der Waals surface area contributed by atoms with Crippen molar-refractivity contribution < 1.29 is 13.9 Å². The predicted molar refractivity (Wildman–Crippen MR) is 72.2 cm³/mol. The van der Waals surface area contributed by atoms with Crippen LogP contribution in [0.4, 0.5) is 4.39 Å². The monoisotopic (exact) mass is 317 g/mol. The van der Waals surface area contributed by atoms with E-state index in [1.807, 2.05) is 6.92 Å². The van der Waals surface area contributed by atoms with Crippen LogP contribution in [0, 0.1) is 5.82 Å². The van der Waals surface area contributed by atoms with Gasteiger partial charge in [0.2, 0.25) is 0 Å². The molecule has 0 saturated heterocycles. The van der Waals surface area contributed by atoms with Crippen LogP contribution in [0.3, 0.4) is 0 Å². The van der Waals surface area contributed by atoms with Crippen LogP contribution in [-0.4, -0.2) is 25.7 Å². The van der Waals surface area contributed by atoms with Crippen LogP contribution >= 0.6 is 15.9 Å². The van der Waals surface area contributed by atoms with Gasteiger partial charge in [0.05, 0.1) is 10.0 Å². The topological polar surface area (TPSA) is 38.3 Å². The summed E-state index contributed by atoms with van der Waals surface area (Å²) in [6.07, 6.45) is 1.74. The Bertz CT molecular complexity index is 399. The molecule has 0 spiro atoms. The maximum atomic E-state index is 13.2. The summed E-state index contributed by atoms with van der Waals surface area (Å²) >= 11 is 3.06. The maximum Gasteiger partial charge on any atom is 0.252 e. The lowest BCUT2D eigenvalue weighted by molar-refractivity contribution is 0.0940. The predicted octanol–water partition coefficient (Wildman–Crippen LogP) is 3.13. The molecule has 1 aromatic rings. The lowest BCUT2D eigenvalue weighted by Gasteiger charge is -2.07. The molecule has 5 heteroatoms. The third-order valence-corrected chi connectivity index (χ3v) is 3.10. The fourth-order valence-electron chi connectivity index (χ4n) is 1.40. The van der Waals surface area contributed by atoms with Crippen LogP contribution in [0.2, 0.25) is 0 Å². The van der Waals surface area contributed by atoms with Gasteiger partial charge in [0, 0.05) is 19.8 Å². The van der Waals surface area contributed by atoms with E-state index in [1.165, 1.54) is 12.1 Å². The number of amides is 1. The second-order valence-electron chi connectivity index (χ2n) is 3.82. The largest absolute Gasteiger partial charge is 0.381 e. The van der Waals surface area contributed by atoms with Crippen molar-refractivity contribution in [2.45, 2.75) is 19.8 Å². The quantitative estimate of drug-likeness (QED) is 0.785. The molecule has 0 saturated carbocycles. The Labute approximate surface area is 115 Å². The van der Waals surface area contributed by atoms with Gasteiger partial charge in [-0.05, 0) is 40.9 Å². The van der Waals surface area contributed by atoms with Crippen molar-refractivity contribution in [1.29, 1.82) is 0 Å². The highest BCUT2D eigenvalue weighted by Crippen LogP contribution is 2.20. The first-order valence-corrected chi connectivity index (χ1v) is 6.76. The number of carbonyl (C=O) groups excluding carboxylic acids is 1. The minimum absolute atomic E-state index is 0.199. The first-order valence-electron chi connectivity index (χ1n) is 5.96. The molecule has 3 nitrogen and oxygen atoms in total. The van der Waals surface area contributed by atoms with E-state index >= 15 is 0 Å². The van der Waals surface area contributed by atoms with Gasteiger partial charge in [0.15, 0.2) is 0 Å². The zero-order chi connectivity index (χ0) is 13.4. The highest BCUT2D eigenvalue weighted by molar-refractivity contribution is 9.10. The first kappa shape index (κ1) is 15.1. The summed E-state index contributed by atoms with van der Waals surface area (Å²) in [4.78, 5) is 11.8. The average Bonchev–Trinajstić information content (AvgIpc) is 2.36. The molecule has 0 heterocycles. The van der Waals surface area contributed by atoms with Crippen molar-refractivity contribution in [3.05, 3.63) is 34.1 Å². The van der Waals surface area contributed by atoms with Crippen LogP contribution in [0.15, 0.2) is 22.7 Å². The van der Waals surface area contributed by atoms with Crippen LogP contribution in [0.25, 0.3) is 0 Å². The van der Waals surface area contributed by atoms with Crippen molar-refractivity contribution in [1.82, 2.24) is 5.32 Å². The zero-order valence-corrected chi connectivity index (χ0v) is 11.9. The Kier molecular flexibility index (Phi) is 6.90. The molecule has 1 amide bonds. The molecule has 0 unspecified atom stereocenters. The van der Waals surface area contributed by atoms with E-state index in [9.17, 15) is 9.18 Å². The van der Waals surface area contributed by atoms with E-state index in [0.717, 1.165) is 19.4 Å². The molecule has 0 aromatic heterocycles. The molecule has 0 bridgehead atoms. The molecular weight excluding hydrogens is 301 g/mol. The molecule has 0 radical (unpaired) electrons. The molecule has 100 valence electrons. The highest BCUT2D eigenvalue weighted by atomic mass is 79.9. The molecule has 0 aliphatic carbocycles. The van der Waals surface area contributed by atoms with Crippen LogP contribution in [0.1, 0.15) is 30.1 Å². The van der Waals surface area contributed by atoms with E-state index < -0.39 is 5.82 Å². The van der Waals surface area contributed by atoms with E-state index in [-0.39, 0.29) is 10.4 Å². The van der Waals surface area contributed by atoms with Crippen LogP contribution in [0.5, 0.6) is 0 Å². The van der Waals surface area contributed by atoms with Crippen LogP contribution < -0.4 is 5.32 Å². The summed E-state index contributed by atoms with van der Waals surface area (Å²) in [5.74, 6) is -0.717. The van der Waals surface area contributed by atoms with Gasteiger partial charge in [-0.3, -0.25) is 4.79 Å². The summed E-state index contributed by atoms with van der Waals surface area (Å²) in [5, 5.41) is 2.73. The molecule has 1 rings (SSSR count). The summed E-state index contributed by atoms with van der Waals surface area (Å²) in [6, 6.07) is 4.40. The number of ether oxygens (including phenoxy) is 1. The Hall–Kier alpha value is -0.940. The second kappa shape index (κ2) is 8.21. The van der Waals surface area contributed by atoms with Gasteiger partial charge in [0.1, 0.15) is 5.82 Å². The van der Waals surface area contributed by atoms with E-state index in [4.69, 9.17) is 4.74 Å². The van der Waals surface area contributed by atoms with E-state index in [0.29, 0.717) is 18.7 Å². The molecule has 1 N–H and O–H groups in total. The lowest BCUT2D eigenvalue weighted by Crippen LogP contribution is -2.25. The van der Waals surface area contributed by atoms with Gasteiger partial charge in [-0.25, -0.2) is 4.39 Å². The Balaban J connectivity index is 2.35. The van der Waals surface area contributed by atoms with Gasteiger partial charge in [-0.1, -0.05) is 13.0 Å². The normalized spacial score (nSPS) is 10.4. The number of hydrogen-bond donors (Lipinski definition) is 1. The van der Waals surface area contributed by atoms with Crippen molar-refractivity contribution in [3.8, 4) is 0 Å². The van der Waals surface area contributed by atoms with Crippen molar-refractivity contribution >= 4 is 21.8 Å². The SMILES string of the molecule is CCCOCCCNC(=O)c1cccc(F)c1Br. The molecule has 0 fully saturated rings. The summed E-state index contributed by atoms with van der Waals surface area (Å²) in [5.41, 5.74) is 0.310. The fourth-order valence-corrected chi connectivity index (χ4v) is 1.84. The minimum atomic E-state index is -0.436. The fraction of sp³-hybridized carbons (Fsp3) is 0.462. The van der Waals surface area contributed by atoms with Gasteiger partial charge in [-0.2, -0.15) is 0 Å². The smallest absolute Gasteiger partial charge is 0.252 e. The number of hydrogen-bond acceptors (Lipinski definition) is 2. The Morgan fingerprint density at radius 1 is 1.44 bits per heavy atom. The van der Waals surface area contributed by atoms with Gasteiger partial charge >= 0.3 is 0 Å². The van der Waals surface area contributed by atoms with Gasteiger partial charge in [-0.15, -0.1) is 0 Å². The first-order chi connectivity index (χ1) is 8.66. The van der Waals surface area contributed by atoms with Crippen molar-refractivity contribution in [2.24, 2.45) is 0 Å². The van der Waals surface area contributed by atoms with E-state index in [2.05, 4.69) is 21.2 Å². The van der Waals surface area contributed by atoms with Crippen LogP contribution in [-0.2, 0) is 4.74 Å². The number of benzene rings is 1. The molecule has 0 aliphatic rings. The van der Waals surface area contributed by atoms with E-state index in [1.54, 1.807) is 6.07 Å². The second-order valence-corrected chi connectivity index (χ2v) is 4.62. The van der Waals surface area contributed by atoms with Gasteiger partial charge in [0.25, 0.3) is 5.91 Å². The molecular formula is C13H17BrFNO2. The number of carbonyl (C=O) groups is 1. The number of rotatable bonds is 7. The standard InChI is InChI=1S/C13H17BrFNO2/c1-2-8-18-9-4-7-16-13(17)10-5-3-6-11(15)12(10)14/h3,5-6H,2,4,7-9H2,1H3,(H,16,17). The summed E-state index contributed by atoms with van der Waals surface area (Å²) in [6.45, 7) is 3.93. The number of halogens is 2. The molecule has 1 aromatic carbocycles. The van der Waals surface area contributed by atoms with Gasteiger partial charge < -0.3 is 10.1 Å². The Morgan fingerprint density at radius 3 is 2.94 bits per heavy atom. The zero-order valence-electron chi connectivity index (χ0n) is 10.3. The summed E-state index contributed by atoms with van der Waals surface area (Å²) in [7, 11) is 0. The third kappa shape index (κ3) is 4.74. The molecule has 18 heavy (non-hydrogen) atoms. The Morgan fingerprint density at radius 2 is 2.22 bits per heavy atom. The minimum Gasteiger partial charge on any atom is -0.381 e.